The lowest BCUT2D eigenvalue weighted by Crippen LogP contribution is -2.31. The lowest BCUT2D eigenvalue weighted by atomic mass is 10.2. The molecule has 4 rings (SSSR count). The highest BCUT2D eigenvalue weighted by Gasteiger charge is 2.28. The van der Waals surface area contributed by atoms with Gasteiger partial charge in [-0.25, -0.2) is 13.4 Å². The Balaban J connectivity index is 1.76. The molecule has 0 aliphatic heterocycles. The minimum Gasteiger partial charge on any atom is -0.497 e. The number of rotatable bonds is 9. The van der Waals surface area contributed by atoms with E-state index in [1.165, 1.54) is 4.31 Å². The quantitative estimate of drug-likeness (QED) is 0.295. The lowest BCUT2D eigenvalue weighted by Gasteiger charge is -2.24. The number of hydrogen-bond acceptors (Lipinski definition) is 6. The molecule has 4 aromatic rings. The summed E-state index contributed by atoms with van der Waals surface area (Å²) in [5.74, 6) is 2.20. The molecular formula is C27H28N2O5S. The van der Waals surface area contributed by atoms with Gasteiger partial charge < -0.3 is 13.9 Å². The SMILES string of the molecule is CCOc1ccccc1-c1nc(CN(c2ccc(OC)cc2)S(=O)(=O)c2ccc(C)cc2)c(C)o1. The molecule has 3 aromatic carbocycles. The maximum atomic E-state index is 13.7. The summed E-state index contributed by atoms with van der Waals surface area (Å²) in [7, 11) is -2.33. The van der Waals surface area contributed by atoms with Gasteiger partial charge >= 0.3 is 0 Å². The molecule has 1 aromatic heterocycles. The third-order valence-corrected chi connectivity index (χ3v) is 7.36. The molecule has 0 spiro atoms. The Bertz CT molecular complexity index is 1390. The van der Waals surface area contributed by atoms with Crippen LogP contribution in [0.5, 0.6) is 11.5 Å². The highest BCUT2D eigenvalue weighted by Crippen LogP contribution is 2.33. The van der Waals surface area contributed by atoms with Crippen LogP contribution in [-0.2, 0) is 16.6 Å². The summed E-state index contributed by atoms with van der Waals surface area (Å²) in [5.41, 5.74) is 2.69. The molecule has 8 heteroatoms. The summed E-state index contributed by atoms with van der Waals surface area (Å²) in [6.07, 6.45) is 0. The normalized spacial score (nSPS) is 11.3. The molecule has 7 nitrogen and oxygen atoms in total. The number of nitrogens with zero attached hydrogens (tertiary/aromatic N) is 2. The molecule has 0 amide bonds. The van der Waals surface area contributed by atoms with E-state index in [1.54, 1.807) is 62.6 Å². The van der Waals surface area contributed by atoms with E-state index in [0.717, 1.165) is 5.56 Å². The van der Waals surface area contributed by atoms with Crippen molar-refractivity contribution in [2.75, 3.05) is 18.0 Å². The molecule has 182 valence electrons. The number of aryl methyl sites for hydroxylation is 2. The lowest BCUT2D eigenvalue weighted by molar-refractivity contribution is 0.340. The van der Waals surface area contributed by atoms with Crippen molar-refractivity contribution in [2.24, 2.45) is 0 Å². The molecule has 35 heavy (non-hydrogen) atoms. The highest BCUT2D eigenvalue weighted by molar-refractivity contribution is 7.92. The van der Waals surface area contributed by atoms with Crippen molar-refractivity contribution in [1.82, 2.24) is 4.98 Å². The number of aromatic nitrogens is 1. The number of para-hydroxylation sites is 1. The molecular weight excluding hydrogens is 464 g/mol. The molecule has 0 aliphatic carbocycles. The van der Waals surface area contributed by atoms with E-state index in [4.69, 9.17) is 13.9 Å². The maximum absolute atomic E-state index is 13.7. The number of anilines is 1. The Labute approximate surface area is 206 Å². The summed E-state index contributed by atoms with van der Waals surface area (Å²) < 4.78 is 45.8. The van der Waals surface area contributed by atoms with Crippen molar-refractivity contribution in [3.8, 4) is 23.0 Å². The zero-order valence-electron chi connectivity index (χ0n) is 20.2. The van der Waals surface area contributed by atoms with Crippen LogP contribution in [0.25, 0.3) is 11.5 Å². The fourth-order valence-electron chi connectivity index (χ4n) is 3.65. The molecule has 0 unspecified atom stereocenters. The first-order valence-corrected chi connectivity index (χ1v) is 12.7. The maximum Gasteiger partial charge on any atom is 0.264 e. The Morgan fingerprint density at radius 3 is 2.29 bits per heavy atom. The summed E-state index contributed by atoms with van der Waals surface area (Å²) in [6.45, 7) is 6.10. The predicted molar refractivity (Wildman–Crippen MR) is 135 cm³/mol. The van der Waals surface area contributed by atoms with Crippen LogP contribution in [0.3, 0.4) is 0 Å². The van der Waals surface area contributed by atoms with Crippen LogP contribution in [0, 0.1) is 13.8 Å². The fourth-order valence-corrected chi connectivity index (χ4v) is 5.08. The van der Waals surface area contributed by atoms with Gasteiger partial charge in [-0.15, -0.1) is 0 Å². The molecule has 1 heterocycles. The van der Waals surface area contributed by atoms with Gasteiger partial charge in [-0.05, 0) is 69.3 Å². The first kappa shape index (κ1) is 24.3. The third-order valence-electron chi connectivity index (χ3n) is 5.57. The Morgan fingerprint density at radius 1 is 0.943 bits per heavy atom. The van der Waals surface area contributed by atoms with Crippen molar-refractivity contribution in [1.29, 1.82) is 0 Å². The monoisotopic (exact) mass is 492 g/mol. The Hall–Kier alpha value is -3.78. The summed E-state index contributed by atoms with van der Waals surface area (Å²) in [5, 5.41) is 0. The van der Waals surface area contributed by atoms with Gasteiger partial charge in [0.15, 0.2) is 0 Å². The second-order valence-corrected chi connectivity index (χ2v) is 9.84. The van der Waals surface area contributed by atoms with E-state index >= 15 is 0 Å². The standard InChI is InChI=1S/C27H28N2O5S/c1-5-33-26-9-7-6-8-24(26)27-28-25(20(3)34-27)18-29(21-12-14-22(32-4)15-13-21)35(30,31)23-16-10-19(2)11-17-23/h6-17H,5,18H2,1-4H3. The molecule has 0 saturated carbocycles. The van der Waals surface area contributed by atoms with Crippen molar-refractivity contribution >= 4 is 15.7 Å². The van der Waals surface area contributed by atoms with Crippen LogP contribution in [-0.4, -0.2) is 27.1 Å². The van der Waals surface area contributed by atoms with Gasteiger partial charge in [-0.3, -0.25) is 4.31 Å². The number of ether oxygens (including phenoxy) is 2. The largest absolute Gasteiger partial charge is 0.497 e. The number of benzene rings is 3. The topological polar surface area (TPSA) is 81.9 Å². The van der Waals surface area contributed by atoms with Crippen LogP contribution in [0.4, 0.5) is 5.69 Å². The molecule has 0 radical (unpaired) electrons. The molecule has 0 fully saturated rings. The van der Waals surface area contributed by atoms with E-state index in [0.29, 0.717) is 46.7 Å². The predicted octanol–water partition coefficient (Wildman–Crippen LogP) is 5.76. The second kappa shape index (κ2) is 10.2. The molecule has 0 N–H and O–H groups in total. The van der Waals surface area contributed by atoms with Crippen LogP contribution < -0.4 is 13.8 Å². The first-order chi connectivity index (χ1) is 16.8. The van der Waals surface area contributed by atoms with Crippen LogP contribution in [0.2, 0.25) is 0 Å². The molecule has 0 saturated heterocycles. The minimum absolute atomic E-state index is 0.00528. The summed E-state index contributed by atoms with van der Waals surface area (Å²) in [6, 6.07) is 21.1. The van der Waals surface area contributed by atoms with Gasteiger partial charge in [0.1, 0.15) is 23.0 Å². The average molecular weight is 493 g/mol. The fraction of sp³-hybridized carbons (Fsp3) is 0.222. The Kier molecular flexibility index (Phi) is 7.12. The molecule has 0 atom stereocenters. The van der Waals surface area contributed by atoms with Crippen LogP contribution in [0.15, 0.2) is 82.1 Å². The van der Waals surface area contributed by atoms with Crippen molar-refractivity contribution in [2.45, 2.75) is 32.2 Å². The van der Waals surface area contributed by atoms with Crippen LogP contribution >= 0.6 is 0 Å². The van der Waals surface area contributed by atoms with E-state index in [-0.39, 0.29) is 11.4 Å². The van der Waals surface area contributed by atoms with Gasteiger partial charge in [0.25, 0.3) is 10.0 Å². The van der Waals surface area contributed by atoms with E-state index in [9.17, 15) is 8.42 Å². The molecule has 0 bridgehead atoms. The summed E-state index contributed by atoms with van der Waals surface area (Å²) in [4.78, 5) is 4.86. The zero-order valence-corrected chi connectivity index (χ0v) is 21.0. The minimum atomic E-state index is -3.89. The van der Waals surface area contributed by atoms with Crippen molar-refractivity contribution < 1.29 is 22.3 Å². The van der Waals surface area contributed by atoms with E-state index in [2.05, 4.69) is 4.98 Å². The first-order valence-electron chi connectivity index (χ1n) is 11.3. The highest BCUT2D eigenvalue weighted by atomic mass is 32.2. The van der Waals surface area contributed by atoms with E-state index < -0.39 is 10.0 Å². The average Bonchev–Trinajstić information content (AvgIpc) is 3.23. The molecule has 0 aliphatic rings. The van der Waals surface area contributed by atoms with Gasteiger partial charge in [0.2, 0.25) is 5.89 Å². The number of sulfonamides is 1. The van der Waals surface area contributed by atoms with Gasteiger partial charge in [-0.1, -0.05) is 29.8 Å². The van der Waals surface area contributed by atoms with Crippen molar-refractivity contribution in [3.05, 3.63) is 89.8 Å². The van der Waals surface area contributed by atoms with Gasteiger partial charge in [-0.2, -0.15) is 0 Å². The number of oxazole rings is 1. The number of methoxy groups -OCH3 is 1. The Morgan fingerprint density at radius 2 is 1.63 bits per heavy atom. The smallest absolute Gasteiger partial charge is 0.264 e. The zero-order chi connectivity index (χ0) is 25.0. The van der Waals surface area contributed by atoms with E-state index in [1.807, 2.05) is 38.1 Å². The van der Waals surface area contributed by atoms with Gasteiger partial charge in [0, 0.05) is 0 Å². The third kappa shape index (κ3) is 5.17. The van der Waals surface area contributed by atoms with Crippen molar-refractivity contribution in [3.63, 3.8) is 0 Å². The second-order valence-electron chi connectivity index (χ2n) is 7.97. The van der Waals surface area contributed by atoms with Crippen LogP contribution in [0.1, 0.15) is 23.9 Å². The number of hydrogen-bond donors (Lipinski definition) is 0. The summed E-state index contributed by atoms with van der Waals surface area (Å²) >= 11 is 0. The van der Waals surface area contributed by atoms with Gasteiger partial charge in [0.05, 0.1) is 36.4 Å².